The molecule has 0 unspecified atom stereocenters. The molecule has 0 saturated carbocycles. The topological polar surface area (TPSA) is 59.5 Å². The number of nitrogens with two attached hydrogens (primary N) is 1. The first-order valence-electron chi connectivity index (χ1n) is 5.20. The zero-order valence-corrected chi connectivity index (χ0v) is 9.12. The predicted molar refractivity (Wildman–Crippen MR) is 56.7 cm³/mol. The normalized spacial score (nSPS) is 21.0. The number of aryl methyl sites for hydroxylation is 2. The average Bonchev–Trinajstić information content (AvgIpc) is 2.71. The molecule has 2 N–H and O–H groups in total. The van der Waals surface area contributed by atoms with Gasteiger partial charge in [0.15, 0.2) is 0 Å². The van der Waals surface area contributed by atoms with Crippen LogP contribution in [-0.2, 0) is 0 Å². The standard InChI is InChI=1S/C11H16N2O2/c1-7-5-10(8(2)15-7)11(14)13-4-3-9(12)6-13/h5,9H,3-4,6,12H2,1-2H3/t9-/m0/s1. The fourth-order valence-electron chi connectivity index (χ4n) is 1.99. The van der Waals surface area contributed by atoms with E-state index in [2.05, 4.69) is 0 Å². The molecule has 82 valence electrons. The number of carbonyl (C=O) groups is 1. The Labute approximate surface area is 89.0 Å². The van der Waals surface area contributed by atoms with Crippen LogP contribution in [0.2, 0.25) is 0 Å². The molecule has 1 saturated heterocycles. The van der Waals surface area contributed by atoms with Gasteiger partial charge in [-0.1, -0.05) is 0 Å². The van der Waals surface area contributed by atoms with Gasteiger partial charge in [-0.15, -0.1) is 0 Å². The van der Waals surface area contributed by atoms with Gasteiger partial charge in [0.1, 0.15) is 11.5 Å². The number of nitrogens with zero attached hydrogens (tertiary/aromatic N) is 1. The van der Waals surface area contributed by atoms with Crippen LogP contribution in [-0.4, -0.2) is 29.9 Å². The molecule has 0 radical (unpaired) electrons. The lowest BCUT2D eigenvalue weighted by molar-refractivity contribution is 0.0789. The molecular weight excluding hydrogens is 192 g/mol. The molecule has 1 amide bonds. The maximum atomic E-state index is 12.0. The highest BCUT2D eigenvalue weighted by Gasteiger charge is 2.26. The molecule has 1 aliphatic rings. The zero-order valence-electron chi connectivity index (χ0n) is 9.12. The number of furan rings is 1. The Bertz CT molecular complexity index is 384. The first-order chi connectivity index (χ1) is 7.08. The molecule has 0 aliphatic carbocycles. The first-order valence-corrected chi connectivity index (χ1v) is 5.20. The summed E-state index contributed by atoms with van der Waals surface area (Å²) in [6, 6.07) is 1.92. The molecule has 1 aromatic rings. The lowest BCUT2D eigenvalue weighted by Crippen LogP contribution is -2.31. The van der Waals surface area contributed by atoms with Crippen LogP contribution in [0.5, 0.6) is 0 Å². The second-order valence-electron chi connectivity index (χ2n) is 4.13. The van der Waals surface area contributed by atoms with Gasteiger partial charge in [0.2, 0.25) is 0 Å². The molecule has 1 aromatic heterocycles. The van der Waals surface area contributed by atoms with Crippen molar-refractivity contribution in [2.75, 3.05) is 13.1 Å². The van der Waals surface area contributed by atoms with Crippen LogP contribution in [0.15, 0.2) is 10.5 Å². The van der Waals surface area contributed by atoms with Crippen LogP contribution in [0.1, 0.15) is 28.3 Å². The number of likely N-dealkylation sites (tertiary alicyclic amines) is 1. The maximum Gasteiger partial charge on any atom is 0.257 e. The van der Waals surface area contributed by atoms with Crippen molar-refractivity contribution >= 4 is 5.91 Å². The summed E-state index contributed by atoms with van der Waals surface area (Å²) in [5, 5.41) is 0. The number of hydrogen-bond acceptors (Lipinski definition) is 3. The van der Waals surface area contributed by atoms with Crippen LogP contribution in [0.4, 0.5) is 0 Å². The lowest BCUT2D eigenvalue weighted by Gasteiger charge is -2.14. The third-order valence-electron chi connectivity index (χ3n) is 2.78. The first kappa shape index (κ1) is 10.2. The van der Waals surface area contributed by atoms with Crippen LogP contribution in [0.3, 0.4) is 0 Å². The van der Waals surface area contributed by atoms with Crippen molar-refractivity contribution < 1.29 is 9.21 Å². The Morgan fingerprint density at radius 1 is 1.60 bits per heavy atom. The second-order valence-corrected chi connectivity index (χ2v) is 4.13. The fourth-order valence-corrected chi connectivity index (χ4v) is 1.99. The van der Waals surface area contributed by atoms with Crippen molar-refractivity contribution in [3.05, 3.63) is 23.2 Å². The third kappa shape index (κ3) is 1.90. The van der Waals surface area contributed by atoms with Gasteiger partial charge in [-0.05, 0) is 26.3 Å². The molecular formula is C11H16N2O2. The van der Waals surface area contributed by atoms with Gasteiger partial charge < -0.3 is 15.1 Å². The number of amides is 1. The van der Waals surface area contributed by atoms with Crippen molar-refractivity contribution in [3.8, 4) is 0 Å². The van der Waals surface area contributed by atoms with Crippen LogP contribution in [0, 0.1) is 13.8 Å². The summed E-state index contributed by atoms with van der Waals surface area (Å²) in [5.74, 6) is 1.51. The van der Waals surface area contributed by atoms with E-state index in [0.29, 0.717) is 17.9 Å². The fraction of sp³-hybridized carbons (Fsp3) is 0.545. The summed E-state index contributed by atoms with van der Waals surface area (Å²) in [6.45, 7) is 5.07. The molecule has 4 heteroatoms. The van der Waals surface area contributed by atoms with Crippen molar-refractivity contribution in [1.82, 2.24) is 4.90 Å². The highest BCUT2D eigenvalue weighted by Crippen LogP contribution is 2.18. The van der Waals surface area contributed by atoms with Crippen molar-refractivity contribution in [2.45, 2.75) is 26.3 Å². The van der Waals surface area contributed by atoms with Gasteiger partial charge >= 0.3 is 0 Å². The van der Waals surface area contributed by atoms with Gasteiger partial charge in [-0.2, -0.15) is 0 Å². The van der Waals surface area contributed by atoms with E-state index >= 15 is 0 Å². The second kappa shape index (κ2) is 3.70. The molecule has 0 aromatic carbocycles. The SMILES string of the molecule is Cc1cc(C(=O)N2CC[C@H](N)C2)c(C)o1. The maximum absolute atomic E-state index is 12.0. The van der Waals surface area contributed by atoms with Crippen LogP contribution in [0.25, 0.3) is 0 Å². The van der Waals surface area contributed by atoms with E-state index in [1.807, 2.05) is 13.8 Å². The Balaban J connectivity index is 2.17. The van der Waals surface area contributed by atoms with Gasteiger partial charge in [0, 0.05) is 19.1 Å². The summed E-state index contributed by atoms with van der Waals surface area (Å²) in [7, 11) is 0. The van der Waals surface area contributed by atoms with Gasteiger partial charge in [0.05, 0.1) is 5.56 Å². The molecule has 1 fully saturated rings. The van der Waals surface area contributed by atoms with Crippen LogP contribution >= 0.6 is 0 Å². The smallest absolute Gasteiger partial charge is 0.257 e. The van der Waals surface area contributed by atoms with E-state index in [-0.39, 0.29) is 11.9 Å². The highest BCUT2D eigenvalue weighted by molar-refractivity contribution is 5.95. The third-order valence-corrected chi connectivity index (χ3v) is 2.78. The van der Waals surface area contributed by atoms with Crippen molar-refractivity contribution in [2.24, 2.45) is 5.73 Å². The van der Waals surface area contributed by atoms with Crippen molar-refractivity contribution in [1.29, 1.82) is 0 Å². The van der Waals surface area contributed by atoms with E-state index in [0.717, 1.165) is 18.7 Å². The minimum absolute atomic E-state index is 0.0392. The molecule has 0 spiro atoms. The summed E-state index contributed by atoms with van der Waals surface area (Å²) in [4.78, 5) is 13.8. The van der Waals surface area contributed by atoms with Crippen LogP contribution < -0.4 is 5.73 Å². The molecule has 2 heterocycles. The molecule has 2 rings (SSSR count). The molecule has 0 bridgehead atoms. The number of hydrogen-bond donors (Lipinski definition) is 1. The van der Waals surface area contributed by atoms with Gasteiger partial charge in [-0.25, -0.2) is 0 Å². The summed E-state index contributed by atoms with van der Waals surface area (Å²) >= 11 is 0. The predicted octanol–water partition coefficient (Wildman–Crippen LogP) is 1.07. The van der Waals surface area contributed by atoms with E-state index in [1.54, 1.807) is 11.0 Å². The Kier molecular flexibility index (Phi) is 2.52. The average molecular weight is 208 g/mol. The molecule has 1 atom stereocenters. The molecule has 1 aliphatic heterocycles. The van der Waals surface area contributed by atoms with Gasteiger partial charge in [-0.3, -0.25) is 4.79 Å². The van der Waals surface area contributed by atoms with E-state index in [9.17, 15) is 4.79 Å². The number of rotatable bonds is 1. The molecule has 15 heavy (non-hydrogen) atoms. The minimum atomic E-state index is 0.0392. The van der Waals surface area contributed by atoms with E-state index in [4.69, 9.17) is 10.2 Å². The Morgan fingerprint density at radius 2 is 2.33 bits per heavy atom. The number of carbonyl (C=O) groups excluding carboxylic acids is 1. The van der Waals surface area contributed by atoms with Crippen molar-refractivity contribution in [3.63, 3.8) is 0 Å². The Hall–Kier alpha value is -1.29. The van der Waals surface area contributed by atoms with E-state index in [1.165, 1.54) is 0 Å². The van der Waals surface area contributed by atoms with E-state index < -0.39 is 0 Å². The summed E-state index contributed by atoms with van der Waals surface area (Å²) < 4.78 is 5.34. The van der Waals surface area contributed by atoms with Gasteiger partial charge in [0.25, 0.3) is 5.91 Å². The summed E-state index contributed by atoms with van der Waals surface area (Å²) in [5.41, 5.74) is 6.44. The Morgan fingerprint density at radius 3 is 2.80 bits per heavy atom. The molecule has 4 nitrogen and oxygen atoms in total. The zero-order chi connectivity index (χ0) is 11.0. The summed E-state index contributed by atoms with van der Waals surface area (Å²) in [6.07, 6.45) is 0.890. The highest BCUT2D eigenvalue weighted by atomic mass is 16.3. The quantitative estimate of drug-likeness (QED) is 0.751. The minimum Gasteiger partial charge on any atom is -0.466 e. The largest absolute Gasteiger partial charge is 0.466 e. The monoisotopic (exact) mass is 208 g/mol. The lowest BCUT2D eigenvalue weighted by atomic mass is 10.2.